The minimum atomic E-state index is -1.50. The minimum Gasteiger partial charge on any atom is -0.423 e. The van der Waals surface area contributed by atoms with Crippen LogP contribution in [0.4, 0.5) is 0 Å². The third kappa shape index (κ3) is 3.48. The second kappa shape index (κ2) is 8.24. The first kappa shape index (κ1) is 19.4. The van der Waals surface area contributed by atoms with Gasteiger partial charge in [0.15, 0.2) is 0 Å². The first-order chi connectivity index (χ1) is 14.2. The van der Waals surface area contributed by atoms with Crippen molar-refractivity contribution in [2.24, 2.45) is 5.92 Å². The highest BCUT2D eigenvalue weighted by molar-refractivity contribution is 6.66. The number of fused-ring (bicyclic) bond motifs is 2. The molecule has 2 aliphatic rings. The van der Waals surface area contributed by atoms with Crippen LogP contribution in [-0.2, 0) is 0 Å². The summed E-state index contributed by atoms with van der Waals surface area (Å²) in [5, 5.41) is 20.3. The Morgan fingerprint density at radius 1 is 1.00 bits per heavy atom. The molecule has 2 nitrogen and oxygen atoms in total. The molecule has 0 saturated carbocycles. The summed E-state index contributed by atoms with van der Waals surface area (Å²) in [6, 6.07) is 16.8. The molecule has 0 fully saturated rings. The molecule has 0 saturated heterocycles. The van der Waals surface area contributed by atoms with Crippen LogP contribution >= 0.6 is 0 Å². The van der Waals surface area contributed by atoms with Crippen LogP contribution in [0.15, 0.2) is 96.6 Å². The molecule has 4 rings (SSSR count). The smallest absolute Gasteiger partial charge is 0.423 e. The van der Waals surface area contributed by atoms with Crippen molar-refractivity contribution < 1.29 is 10.0 Å². The predicted octanol–water partition coefficient (Wildman–Crippen LogP) is 5.32. The maximum atomic E-state index is 10.2. The van der Waals surface area contributed by atoms with E-state index in [9.17, 15) is 10.0 Å². The zero-order valence-corrected chi connectivity index (χ0v) is 16.8. The molecule has 3 heteroatoms. The SMILES string of the molecule is C/C=C\C(=C/C)c1cccc(C2c3ccccc3C(B(O)O)=C3C=CC=CC32)c1. The molecule has 0 spiro atoms. The molecular weight excluding hydrogens is 355 g/mol. The van der Waals surface area contributed by atoms with Crippen molar-refractivity contribution in [2.45, 2.75) is 19.8 Å². The summed E-state index contributed by atoms with van der Waals surface area (Å²) >= 11 is 0. The lowest BCUT2D eigenvalue weighted by Gasteiger charge is -2.36. The van der Waals surface area contributed by atoms with Crippen LogP contribution in [0, 0.1) is 5.92 Å². The van der Waals surface area contributed by atoms with E-state index in [1.54, 1.807) is 0 Å². The van der Waals surface area contributed by atoms with Gasteiger partial charge in [0.2, 0.25) is 0 Å². The average Bonchev–Trinajstić information content (AvgIpc) is 2.75. The highest BCUT2D eigenvalue weighted by Gasteiger charge is 2.38. The highest BCUT2D eigenvalue weighted by Crippen LogP contribution is 2.48. The average molecular weight is 380 g/mol. The van der Waals surface area contributed by atoms with E-state index in [1.165, 1.54) is 16.7 Å². The Hall–Kier alpha value is -2.88. The topological polar surface area (TPSA) is 40.5 Å². The monoisotopic (exact) mass is 380 g/mol. The van der Waals surface area contributed by atoms with Crippen molar-refractivity contribution in [1.82, 2.24) is 0 Å². The Balaban J connectivity index is 1.92. The molecule has 144 valence electrons. The lowest BCUT2D eigenvalue weighted by Crippen LogP contribution is -2.28. The maximum absolute atomic E-state index is 10.2. The highest BCUT2D eigenvalue weighted by atomic mass is 16.4. The van der Waals surface area contributed by atoms with Crippen molar-refractivity contribution in [3.05, 3.63) is 119 Å². The number of benzene rings is 2. The molecule has 2 aromatic carbocycles. The van der Waals surface area contributed by atoms with Crippen molar-refractivity contribution in [3.8, 4) is 0 Å². The second-order valence-electron chi connectivity index (χ2n) is 7.45. The Morgan fingerprint density at radius 3 is 2.59 bits per heavy atom. The van der Waals surface area contributed by atoms with Crippen LogP contribution < -0.4 is 0 Å². The molecule has 29 heavy (non-hydrogen) atoms. The van der Waals surface area contributed by atoms with Crippen LogP contribution in [-0.4, -0.2) is 17.2 Å². The van der Waals surface area contributed by atoms with Crippen LogP contribution in [0.1, 0.15) is 42.0 Å². The number of allylic oxidation sites excluding steroid dienone is 9. The predicted molar refractivity (Wildman–Crippen MR) is 122 cm³/mol. The van der Waals surface area contributed by atoms with E-state index in [4.69, 9.17) is 0 Å². The Labute approximate surface area is 173 Å². The number of rotatable bonds is 4. The normalized spacial score (nSPS) is 20.8. The van der Waals surface area contributed by atoms with Gasteiger partial charge in [-0.05, 0) is 52.7 Å². The molecular formula is C26H25BO2. The van der Waals surface area contributed by atoms with Crippen LogP contribution in [0.3, 0.4) is 0 Å². The Kier molecular flexibility index (Phi) is 5.52. The second-order valence-corrected chi connectivity index (χ2v) is 7.45. The zero-order valence-electron chi connectivity index (χ0n) is 16.8. The van der Waals surface area contributed by atoms with Gasteiger partial charge in [0.1, 0.15) is 0 Å². The molecule has 2 aliphatic carbocycles. The third-order valence-corrected chi connectivity index (χ3v) is 5.82. The molecule has 0 bridgehead atoms. The Bertz CT molecular complexity index is 1070. The molecule has 0 amide bonds. The summed E-state index contributed by atoms with van der Waals surface area (Å²) < 4.78 is 0. The van der Waals surface area contributed by atoms with E-state index in [0.717, 1.165) is 16.7 Å². The van der Waals surface area contributed by atoms with E-state index in [0.29, 0.717) is 5.47 Å². The molecule has 0 aromatic heterocycles. The standard InChI is InChI=1S/C26H25BO2/c1-3-10-18(4-2)19-11-9-12-20(17-19)25-21-13-5-7-15-23(21)26(27(28)29)24-16-8-6-14-22(24)25/h3-17,21,25,28-29H,1-2H3/b10-3-,18-4+. The summed E-state index contributed by atoms with van der Waals surface area (Å²) in [5.41, 5.74) is 7.26. The molecule has 2 aromatic rings. The van der Waals surface area contributed by atoms with Gasteiger partial charge in [-0.15, -0.1) is 0 Å². The van der Waals surface area contributed by atoms with Crippen molar-refractivity contribution in [1.29, 1.82) is 0 Å². The van der Waals surface area contributed by atoms with E-state index < -0.39 is 7.12 Å². The fourth-order valence-electron chi connectivity index (χ4n) is 4.61. The van der Waals surface area contributed by atoms with Gasteiger partial charge in [-0.1, -0.05) is 91.1 Å². The van der Waals surface area contributed by atoms with Crippen molar-refractivity contribution in [2.75, 3.05) is 0 Å². The quantitative estimate of drug-likeness (QED) is 0.557. The third-order valence-electron chi connectivity index (χ3n) is 5.82. The minimum absolute atomic E-state index is 0.0673. The zero-order chi connectivity index (χ0) is 20.4. The molecule has 2 atom stereocenters. The fourth-order valence-corrected chi connectivity index (χ4v) is 4.61. The van der Waals surface area contributed by atoms with Gasteiger partial charge in [0, 0.05) is 11.8 Å². The van der Waals surface area contributed by atoms with Gasteiger partial charge in [-0.25, -0.2) is 0 Å². The molecule has 0 radical (unpaired) electrons. The van der Waals surface area contributed by atoms with E-state index in [1.807, 2.05) is 37.3 Å². The molecule has 2 N–H and O–H groups in total. The van der Waals surface area contributed by atoms with Crippen LogP contribution in [0.2, 0.25) is 0 Å². The van der Waals surface area contributed by atoms with Crippen molar-refractivity contribution in [3.63, 3.8) is 0 Å². The number of hydrogen-bond acceptors (Lipinski definition) is 2. The summed E-state index contributed by atoms with van der Waals surface area (Å²) in [5.74, 6) is 0.186. The van der Waals surface area contributed by atoms with Gasteiger partial charge in [-0.2, -0.15) is 0 Å². The van der Waals surface area contributed by atoms with E-state index in [-0.39, 0.29) is 11.8 Å². The van der Waals surface area contributed by atoms with E-state index >= 15 is 0 Å². The lowest BCUT2D eigenvalue weighted by atomic mass is 9.59. The summed E-state index contributed by atoms with van der Waals surface area (Å²) in [7, 11) is -1.50. The largest absolute Gasteiger partial charge is 0.489 e. The summed E-state index contributed by atoms with van der Waals surface area (Å²) in [6.45, 7) is 4.09. The summed E-state index contributed by atoms with van der Waals surface area (Å²) in [4.78, 5) is 0. The lowest BCUT2D eigenvalue weighted by molar-refractivity contribution is 0.425. The maximum Gasteiger partial charge on any atom is 0.489 e. The van der Waals surface area contributed by atoms with Gasteiger partial charge >= 0.3 is 7.12 Å². The fraction of sp³-hybridized carbons (Fsp3) is 0.154. The molecule has 2 unspecified atom stereocenters. The molecule has 0 heterocycles. The van der Waals surface area contributed by atoms with E-state index in [2.05, 4.69) is 67.6 Å². The molecule has 0 aliphatic heterocycles. The first-order valence-corrected chi connectivity index (χ1v) is 10.1. The van der Waals surface area contributed by atoms with Gasteiger partial charge in [0.05, 0.1) is 0 Å². The first-order valence-electron chi connectivity index (χ1n) is 10.1. The van der Waals surface area contributed by atoms with Crippen molar-refractivity contribution >= 4 is 18.2 Å². The van der Waals surface area contributed by atoms with Crippen LogP contribution in [0.5, 0.6) is 0 Å². The van der Waals surface area contributed by atoms with Gasteiger partial charge < -0.3 is 10.0 Å². The Morgan fingerprint density at radius 2 is 1.83 bits per heavy atom. The van der Waals surface area contributed by atoms with Gasteiger partial charge in [0.25, 0.3) is 0 Å². The van der Waals surface area contributed by atoms with Gasteiger partial charge in [-0.3, -0.25) is 0 Å². The van der Waals surface area contributed by atoms with Crippen LogP contribution in [0.25, 0.3) is 11.0 Å². The number of hydrogen-bond donors (Lipinski definition) is 2. The summed E-state index contributed by atoms with van der Waals surface area (Å²) in [6.07, 6.45) is 14.5.